The molecular formula is C15H23NO3. The van der Waals surface area contributed by atoms with Crippen LogP contribution in [0.1, 0.15) is 32.8 Å². The number of anilines is 1. The Balaban J connectivity index is 2.48. The van der Waals surface area contributed by atoms with Crippen molar-refractivity contribution in [2.24, 2.45) is 0 Å². The maximum atomic E-state index is 11.0. The number of esters is 1. The summed E-state index contributed by atoms with van der Waals surface area (Å²) in [6.45, 7) is 6.81. The second-order valence-electron chi connectivity index (χ2n) is 5.64. The van der Waals surface area contributed by atoms with Crippen molar-refractivity contribution in [2.45, 2.75) is 38.7 Å². The van der Waals surface area contributed by atoms with Crippen molar-refractivity contribution in [2.75, 3.05) is 19.0 Å². The van der Waals surface area contributed by atoms with Gasteiger partial charge in [-0.25, -0.2) is 0 Å². The number of nitrogens with one attached hydrogen (secondary N) is 1. The first kappa shape index (κ1) is 15.5. The fourth-order valence-electron chi connectivity index (χ4n) is 1.67. The number of aliphatic hydroxyl groups excluding tert-OH is 1. The molecule has 4 heteroatoms. The predicted octanol–water partition coefficient (Wildman–Crippen LogP) is 2.32. The topological polar surface area (TPSA) is 58.6 Å². The number of rotatable bonds is 5. The minimum absolute atomic E-state index is 0.00355. The van der Waals surface area contributed by atoms with Gasteiger partial charge in [0.25, 0.3) is 0 Å². The highest BCUT2D eigenvalue weighted by molar-refractivity contribution is 5.69. The summed E-state index contributed by atoms with van der Waals surface area (Å²) in [4.78, 5) is 11.0. The van der Waals surface area contributed by atoms with Crippen molar-refractivity contribution in [1.82, 2.24) is 0 Å². The first-order chi connectivity index (χ1) is 8.82. The second kappa shape index (κ2) is 6.57. The third kappa shape index (κ3) is 5.30. The summed E-state index contributed by atoms with van der Waals surface area (Å²) in [6, 6.07) is 8.08. The lowest BCUT2D eigenvalue weighted by Gasteiger charge is -2.19. The first-order valence-electron chi connectivity index (χ1n) is 6.42. The van der Waals surface area contributed by atoms with Crippen LogP contribution in [0.3, 0.4) is 0 Å². The fourth-order valence-corrected chi connectivity index (χ4v) is 1.67. The monoisotopic (exact) mass is 265 g/mol. The molecule has 0 fully saturated rings. The molecule has 1 rings (SSSR count). The summed E-state index contributed by atoms with van der Waals surface area (Å²) < 4.78 is 4.50. The normalized spacial score (nSPS) is 12.9. The minimum atomic E-state index is -0.741. The van der Waals surface area contributed by atoms with Crippen LogP contribution in [-0.4, -0.2) is 30.8 Å². The standard InChI is InChI=1S/C15H23NO3/c1-15(2,3)11-5-7-12(8-6-11)16-10-13(17)9-14(18)19-4/h5-8,13,16-17H,9-10H2,1-4H3. The van der Waals surface area contributed by atoms with E-state index in [1.807, 2.05) is 12.1 Å². The number of hydrogen-bond acceptors (Lipinski definition) is 4. The molecule has 1 aromatic rings. The third-order valence-corrected chi connectivity index (χ3v) is 2.92. The summed E-state index contributed by atoms with van der Waals surface area (Å²) in [6.07, 6.45) is -0.737. The Morgan fingerprint density at radius 1 is 1.32 bits per heavy atom. The van der Waals surface area contributed by atoms with Crippen LogP contribution in [-0.2, 0) is 14.9 Å². The summed E-state index contributed by atoms with van der Waals surface area (Å²) in [5, 5.41) is 12.7. The lowest BCUT2D eigenvalue weighted by atomic mass is 9.87. The van der Waals surface area contributed by atoms with Gasteiger partial charge in [0.1, 0.15) is 0 Å². The molecule has 0 bridgehead atoms. The Kier molecular flexibility index (Phi) is 5.36. The van der Waals surface area contributed by atoms with Crippen LogP contribution in [0.2, 0.25) is 0 Å². The number of aliphatic hydroxyl groups is 1. The van der Waals surface area contributed by atoms with Gasteiger partial charge in [0.15, 0.2) is 0 Å². The first-order valence-corrected chi connectivity index (χ1v) is 6.42. The van der Waals surface area contributed by atoms with E-state index in [0.29, 0.717) is 6.54 Å². The van der Waals surface area contributed by atoms with E-state index in [9.17, 15) is 9.90 Å². The zero-order valence-electron chi connectivity index (χ0n) is 12.1. The van der Waals surface area contributed by atoms with E-state index >= 15 is 0 Å². The lowest BCUT2D eigenvalue weighted by molar-refractivity contribution is -0.142. The van der Waals surface area contributed by atoms with E-state index in [0.717, 1.165) is 5.69 Å². The Morgan fingerprint density at radius 2 is 1.89 bits per heavy atom. The molecule has 19 heavy (non-hydrogen) atoms. The van der Waals surface area contributed by atoms with Crippen molar-refractivity contribution in [1.29, 1.82) is 0 Å². The van der Waals surface area contributed by atoms with Gasteiger partial charge in [0.05, 0.1) is 19.6 Å². The van der Waals surface area contributed by atoms with E-state index in [1.165, 1.54) is 12.7 Å². The number of benzene rings is 1. The molecule has 0 spiro atoms. The van der Waals surface area contributed by atoms with Crippen molar-refractivity contribution in [3.63, 3.8) is 0 Å². The molecule has 1 unspecified atom stereocenters. The SMILES string of the molecule is COC(=O)CC(O)CNc1ccc(C(C)(C)C)cc1. The fraction of sp³-hybridized carbons (Fsp3) is 0.533. The van der Waals surface area contributed by atoms with Gasteiger partial charge in [-0.15, -0.1) is 0 Å². The van der Waals surface area contributed by atoms with Gasteiger partial charge in [-0.2, -0.15) is 0 Å². The smallest absolute Gasteiger partial charge is 0.308 e. The van der Waals surface area contributed by atoms with Crippen molar-refractivity contribution in [3.05, 3.63) is 29.8 Å². The summed E-state index contributed by atoms with van der Waals surface area (Å²) >= 11 is 0. The molecule has 0 saturated carbocycles. The molecule has 0 amide bonds. The van der Waals surface area contributed by atoms with Gasteiger partial charge in [-0.05, 0) is 23.1 Å². The van der Waals surface area contributed by atoms with Crippen LogP contribution in [0, 0.1) is 0 Å². The Labute approximate surface area is 114 Å². The van der Waals surface area contributed by atoms with Crippen LogP contribution in [0.5, 0.6) is 0 Å². The molecule has 1 atom stereocenters. The van der Waals surface area contributed by atoms with E-state index < -0.39 is 12.1 Å². The van der Waals surface area contributed by atoms with Crippen molar-refractivity contribution >= 4 is 11.7 Å². The summed E-state index contributed by atoms with van der Waals surface area (Å²) in [5.74, 6) is -0.405. The van der Waals surface area contributed by atoms with Crippen molar-refractivity contribution < 1.29 is 14.6 Å². The Morgan fingerprint density at radius 3 is 2.37 bits per heavy atom. The Hall–Kier alpha value is -1.55. The van der Waals surface area contributed by atoms with E-state index in [2.05, 4.69) is 43.0 Å². The van der Waals surface area contributed by atoms with Crippen LogP contribution in [0.4, 0.5) is 5.69 Å². The Bertz CT molecular complexity index is 406. The lowest BCUT2D eigenvalue weighted by Crippen LogP contribution is -2.23. The van der Waals surface area contributed by atoms with Gasteiger partial charge in [-0.1, -0.05) is 32.9 Å². The molecule has 0 heterocycles. The molecule has 2 N–H and O–H groups in total. The van der Waals surface area contributed by atoms with Crippen LogP contribution >= 0.6 is 0 Å². The molecule has 0 radical (unpaired) electrons. The van der Waals surface area contributed by atoms with Gasteiger partial charge >= 0.3 is 5.97 Å². The third-order valence-electron chi connectivity index (χ3n) is 2.92. The van der Waals surface area contributed by atoms with E-state index in [1.54, 1.807) is 0 Å². The number of hydrogen-bond donors (Lipinski definition) is 2. The maximum absolute atomic E-state index is 11.0. The van der Waals surface area contributed by atoms with E-state index in [4.69, 9.17) is 0 Å². The zero-order valence-corrected chi connectivity index (χ0v) is 12.1. The van der Waals surface area contributed by atoms with Crippen LogP contribution < -0.4 is 5.32 Å². The molecule has 4 nitrogen and oxygen atoms in total. The molecule has 1 aromatic carbocycles. The van der Waals surface area contributed by atoms with Crippen molar-refractivity contribution in [3.8, 4) is 0 Å². The minimum Gasteiger partial charge on any atom is -0.469 e. The molecule has 0 aromatic heterocycles. The zero-order chi connectivity index (χ0) is 14.5. The second-order valence-corrected chi connectivity index (χ2v) is 5.64. The molecule has 0 aliphatic carbocycles. The van der Waals surface area contributed by atoms with Gasteiger partial charge in [0, 0.05) is 12.2 Å². The molecule has 0 saturated heterocycles. The van der Waals surface area contributed by atoms with E-state index in [-0.39, 0.29) is 11.8 Å². The predicted molar refractivity (Wildman–Crippen MR) is 76.3 cm³/mol. The van der Waals surface area contributed by atoms with Crippen LogP contribution in [0.25, 0.3) is 0 Å². The summed E-state index contributed by atoms with van der Waals surface area (Å²) in [7, 11) is 1.31. The number of methoxy groups -OCH3 is 1. The molecule has 0 aliphatic rings. The summed E-state index contributed by atoms with van der Waals surface area (Å²) in [5.41, 5.74) is 2.31. The number of carbonyl (C=O) groups excluding carboxylic acids is 1. The molecule has 106 valence electrons. The molecular weight excluding hydrogens is 242 g/mol. The van der Waals surface area contributed by atoms with Gasteiger partial charge in [0.2, 0.25) is 0 Å². The van der Waals surface area contributed by atoms with Crippen LogP contribution in [0.15, 0.2) is 24.3 Å². The largest absolute Gasteiger partial charge is 0.469 e. The maximum Gasteiger partial charge on any atom is 0.308 e. The highest BCUT2D eigenvalue weighted by Crippen LogP contribution is 2.23. The average molecular weight is 265 g/mol. The number of ether oxygens (including phenoxy) is 1. The quantitative estimate of drug-likeness (QED) is 0.802. The number of carbonyl (C=O) groups is 1. The average Bonchev–Trinajstić information content (AvgIpc) is 2.35. The van der Waals surface area contributed by atoms with Gasteiger partial charge < -0.3 is 15.2 Å². The highest BCUT2D eigenvalue weighted by atomic mass is 16.5. The van der Waals surface area contributed by atoms with Gasteiger partial charge in [-0.3, -0.25) is 4.79 Å². The highest BCUT2D eigenvalue weighted by Gasteiger charge is 2.13. The molecule has 0 aliphatic heterocycles.